The molecule has 3 heterocycles. The number of aromatic nitrogens is 4. The van der Waals surface area contributed by atoms with Gasteiger partial charge in [0.2, 0.25) is 0 Å². The predicted octanol–water partition coefficient (Wildman–Crippen LogP) is 3.18. The Morgan fingerprint density at radius 3 is 2.91 bits per heavy atom. The van der Waals surface area contributed by atoms with Crippen molar-refractivity contribution in [2.75, 3.05) is 0 Å². The molecule has 22 heavy (non-hydrogen) atoms. The highest BCUT2D eigenvalue weighted by atomic mass is 35.5. The number of aromatic amines is 1. The third-order valence-corrected chi connectivity index (χ3v) is 3.85. The smallest absolute Gasteiger partial charge is 0.282 e. The quantitative estimate of drug-likeness (QED) is 0.587. The molecular formula is C16H11ClN4O. The molecule has 1 aromatic carbocycles. The lowest BCUT2D eigenvalue weighted by Gasteiger charge is -2.02. The van der Waals surface area contributed by atoms with Crippen molar-refractivity contribution in [3.05, 3.63) is 63.8 Å². The number of benzene rings is 1. The number of hydrogen-bond acceptors (Lipinski definition) is 3. The van der Waals surface area contributed by atoms with Gasteiger partial charge in [-0.05, 0) is 37.3 Å². The zero-order valence-corrected chi connectivity index (χ0v) is 12.4. The molecule has 0 aliphatic carbocycles. The first-order chi connectivity index (χ1) is 10.6. The van der Waals surface area contributed by atoms with Crippen LogP contribution in [0.5, 0.6) is 0 Å². The fourth-order valence-corrected chi connectivity index (χ4v) is 2.74. The number of nitrogens with one attached hydrogen (secondary N) is 1. The van der Waals surface area contributed by atoms with Gasteiger partial charge in [0.15, 0.2) is 0 Å². The Bertz CT molecular complexity index is 1030. The number of nitrogens with zero attached hydrogens (tertiary/aromatic N) is 3. The van der Waals surface area contributed by atoms with E-state index < -0.39 is 0 Å². The fourth-order valence-electron chi connectivity index (χ4n) is 2.57. The Balaban J connectivity index is 2.08. The number of halogens is 1. The minimum atomic E-state index is -0.168. The SMILES string of the molecule is Cc1cc(-n2nc3c4cc(Cl)ccc4[nH]cc-3c2=O)ccn1. The molecule has 0 fully saturated rings. The highest BCUT2D eigenvalue weighted by molar-refractivity contribution is 6.31. The molecule has 0 spiro atoms. The van der Waals surface area contributed by atoms with Crippen molar-refractivity contribution in [1.29, 1.82) is 0 Å². The Morgan fingerprint density at radius 2 is 2.09 bits per heavy atom. The van der Waals surface area contributed by atoms with Crippen LogP contribution in [0.25, 0.3) is 27.8 Å². The second-order valence-electron chi connectivity index (χ2n) is 5.11. The summed E-state index contributed by atoms with van der Waals surface area (Å²) in [6.45, 7) is 1.88. The van der Waals surface area contributed by atoms with Gasteiger partial charge in [0.25, 0.3) is 5.56 Å². The van der Waals surface area contributed by atoms with Gasteiger partial charge in [-0.1, -0.05) is 11.6 Å². The Kier molecular flexibility index (Phi) is 2.77. The topological polar surface area (TPSA) is 63.6 Å². The molecule has 0 radical (unpaired) electrons. The summed E-state index contributed by atoms with van der Waals surface area (Å²) in [5, 5.41) is 5.92. The van der Waals surface area contributed by atoms with Crippen molar-refractivity contribution in [3.8, 4) is 16.9 Å². The lowest BCUT2D eigenvalue weighted by Crippen LogP contribution is -2.14. The van der Waals surface area contributed by atoms with Gasteiger partial charge < -0.3 is 4.98 Å². The Labute approximate surface area is 130 Å². The highest BCUT2D eigenvalue weighted by Gasteiger charge is 2.19. The predicted molar refractivity (Wildman–Crippen MR) is 85.9 cm³/mol. The summed E-state index contributed by atoms with van der Waals surface area (Å²) in [5.41, 5.74) is 3.41. The molecule has 2 aliphatic heterocycles. The van der Waals surface area contributed by atoms with Crippen LogP contribution < -0.4 is 5.56 Å². The van der Waals surface area contributed by atoms with Crippen LogP contribution in [0.1, 0.15) is 5.69 Å². The largest absolute Gasteiger partial charge is 0.360 e. The summed E-state index contributed by atoms with van der Waals surface area (Å²) in [5.74, 6) is 0. The first-order valence-electron chi connectivity index (χ1n) is 6.76. The minimum Gasteiger partial charge on any atom is -0.360 e. The van der Waals surface area contributed by atoms with E-state index in [0.29, 0.717) is 22.0 Å². The molecule has 2 aliphatic rings. The molecule has 108 valence electrons. The molecule has 4 rings (SSSR count). The van der Waals surface area contributed by atoms with Crippen LogP contribution in [0, 0.1) is 6.92 Å². The van der Waals surface area contributed by atoms with Crippen molar-refractivity contribution in [2.45, 2.75) is 6.92 Å². The van der Waals surface area contributed by atoms with Crippen LogP contribution in [0.15, 0.2) is 47.5 Å². The van der Waals surface area contributed by atoms with E-state index in [2.05, 4.69) is 15.1 Å². The maximum atomic E-state index is 12.6. The van der Waals surface area contributed by atoms with Crippen molar-refractivity contribution >= 4 is 22.5 Å². The molecule has 2 aromatic rings. The third kappa shape index (κ3) is 1.90. The molecule has 1 aromatic heterocycles. The van der Waals surface area contributed by atoms with Crippen molar-refractivity contribution in [1.82, 2.24) is 19.7 Å². The molecule has 0 bridgehead atoms. The highest BCUT2D eigenvalue weighted by Crippen LogP contribution is 2.28. The van der Waals surface area contributed by atoms with Crippen molar-refractivity contribution in [2.24, 2.45) is 0 Å². The van der Waals surface area contributed by atoms with Crippen LogP contribution >= 0.6 is 11.6 Å². The average Bonchev–Trinajstić information content (AvgIpc) is 2.85. The van der Waals surface area contributed by atoms with E-state index in [1.54, 1.807) is 24.5 Å². The molecule has 0 unspecified atom stereocenters. The minimum absolute atomic E-state index is 0.168. The normalized spacial score (nSPS) is 11.4. The van der Waals surface area contributed by atoms with Crippen LogP contribution in [0.2, 0.25) is 5.02 Å². The van der Waals surface area contributed by atoms with Crippen molar-refractivity contribution < 1.29 is 0 Å². The molecule has 0 atom stereocenters. The lowest BCUT2D eigenvalue weighted by atomic mass is 10.1. The number of fused-ring (bicyclic) bond motifs is 3. The van der Waals surface area contributed by atoms with Gasteiger partial charge in [-0.25, -0.2) is 0 Å². The zero-order chi connectivity index (χ0) is 15.3. The van der Waals surface area contributed by atoms with E-state index in [0.717, 1.165) is 16.6 Å². The van der Waals surface area contributed by atoms with E-state index >= 15 is 0 Å². The van der Waals surface area contributed by atoms with E-state index in [1.165, 1.54) is 4.68 Å². The maximum Gasteiger partial charge on any atom is 0.282 e. The zero-order valence-electron chi connectivity index (χ0n) is 11.7. The summed E-state index contributed by atoms with van der Waals surface area (Å²) >= 11 is 6.07. The Hall–Kier alpha value is -2.66. The molecule has 0 saturated carbocycles. The van der Waals surface area contributed by atoms with Crippen molar-refractivity contribution in [3.63, 3.8) is 0 Å². The van der Waals surface area contributed by atoms with Gasteiger partial charge in [0.1, 0.15) is 5.69 Å². The second kappa shape index (κ2) is 4.68. The number of H-pyrrole nitrogens is 1. The van der Waals surface area contributed by atoms with E-state index in [-0.39, 0.29) is 5.56 Å². The fraction of sp³-hybridized carbons (Fsp3) is 0.0625. The third-order valence-electron chi connectivity index (χ3n) is 3.61. The van der Waals surface area contributed by atoms with Crippen LogP contribution in [0.3, 0.4) is 0 Å². The molecule has 0 saturated heterocycles. The monoisotopic (exact) mass is 310 g/mol. The summed E-state index contributed by atoms with van der Waals surface area (Å²) in [6, 6.07) is 9.07. The van der Waals surface area contributed by atoms with Crippen LogP contribution in [-0.2, 0) is 0 Å². The first-order valence-corrected chi connectivity index (χ1v) is 7.14. The summed E-state index contributed by atoms with van der Waals surface area (Å²) in [4.78, 5) is 19.9. The lowest BCUT2D eigenvalue weighted by molar-refractivity contribution is 0.854. The number of hydrogen-bond donors (Lipinski definition) is 1. The van der Waals surface area contributed by atoms with E-state index in [1.807, 2.05) is 25.1 Å². The summed E-state index contributed by atoms with van der Waals surface area (Å²) in [7, 11) is 0. The van der Waals surface area contributed by atoms with Gasteiger partial charge in [-0.3, -0.25) is 9.78 Å². The van der Waals surface area contributed by atoms with Gasteiger partial charge in [0, 0.05) is 34.0 Å². The maximum absolute atomic E-state index is 12.6. The van der Waals surface area contributed by atoms with E-state index in [4.69, 9.17) is 11.6 Å². The summed E-state index contributed by atoms with van der Waals surface area (Å²) in [6.07, 6.45) is 3.35. The number of rotatable bonds is 1. The first kappa shape index (κ1) is 13.0. The number of aryl methyl sites for hydroxylation is 1. The standard InChI is InChI=1S/C16H11ClN4O/c1-9-6-11(4-5-18-9)21-16(22)13-8-19-14-3-2-10(17)7-12(14)15(13)20-21/h2-8,19H,1H3. The molecule has 0 amide bonds. The van der Waals surface area contributed by atoms with Crippen LogP contribution in [0.4, 0.5) is 0 Å². The van der Waals surface area contributed by atoms with Gasteiger partial charge in [0.05, 0.1) is 11.3 Å². The molecular weight excluding hydrogens is 300 g/mol. The average molecular weight is 311 g/mol. The molecule has 6 heteroatoms. The van der Waals surface area contributed by atoms with Gasteiger partial charge in [-0.15, -0.1) is 0 Å². The Morgan fingerprint density at radius 1 is 1.23 bits per heavy atom. The van der Waals surface area contributed by atoms with Gasteiger partial charge in [-0.2, -0.15) is 9.78 Å². The second-order valence-corrected chi connectivity index (χ2v) is 5.55. The van der Waals surface area contributed by atoms with Crippen LogP contribution in [-0.4, -0.2) is 19.7 Å². The number of pyridine rings is 2. The van der Waals surface area contributed by atoms with Gasteiger partial charge >= 0.3 is 0 Å². The molecule has 1 N–H and O–H groups in total. The summed E-state index contributed by atoms with van der Waals surface area (Å²) < 4.78 is 1.40. The molecule has 5 nitrogen and oxygen atoms in total. The van der Waals surface area contributed by atoms with E-state index in [9.17, 15) is 4.79 Å².